The zero-order valence-corrected chi connectivity index (χ0v) is 8.76. The van der Waals surface area contributed by atoms with Crippen molar-refractivity contribution >= 4 is 11.5 Å². The van der Waals surface area contributed by atoms with Gasteiger partial charge in [-0.3, -0.25) is 10.1 Å². The number of nitrogens with one attached hydrogen (secondary N) is 1. The van der Waals surface area contributed by atoms with E-state index >= 15 is 0 Å². The van der Waals surface area contributed by atoms with E-state index in [2.05, 4.69) is 10.3 Å². The summed E-state index contributed by atoms with van der Waals surface area (Å²) in [5.41, 5.74) is 0.0222. The van der Waals surface area contributed by atoms with Crippen LogP contribution in [0.5, 0.6) is 0 Å². The number of ether oxygens (including phenoxy) is 1. The van der Waals surface area contributed by atoms with Gasteiger partial charge in [-0.2, -0.15) is 0 Å². The Balaban J connectivity index is 2.10. The molecule has 0 amide bonds. The van der Waals surface area contributed by atoms with Crippen molar-refractivity contribution in [1.82, 2.24) is 4.98 Å². The lowest BCUT2D eigenvalue weighted by atomic mass is 10.1. The summed E-state index contributed by atoms with van der Waals surface area (Å²) in [6.45, 7) is 1.39. The molecule has 1 saturated heterocycles. The van der Waals surface area contributed by atoms with Gasteiger partial charge in [0.2, 0.25) is 5.82 Å². The molecule has 0 aliphatic carbocycles. The van der Waals surface area contributed by atoms with E-state index in [9.17, 15) is 10.1 Å². The minimum absolute atomic E-state index is 0.0222. The molecule has 0 bridgehead atoms. The number of hydrogen-bond acceptors (Lipinski definition) is 5. The predicted octanol–water partition coefficient (Wildman–Crippen LogP) is 1.58. The van der Waals surface area contributed by atoms with Gasteiger partial charge in [-0.05, 0) is 18.9 Å². The lowest BCUT2D eigenvalue weighted by Gasteiger charge is -2.23. The Hall–Kier alpha value is -1.69. The third-order valence-corrected chi connectivity index (χ3v) is 2.55. The minimum atomic E-state index is -0.422. The van der Waals surface area contributed by atoms with Crippen molar-refractivity contribution in [3.63, 3.8) is 0 Å². The molecule has 16 heavy (non-hydrogen) atoms. The summed E-state index contributed by atoms with van der Waals surface area (Å²) in [4.78, 5) is 14.3. The van der Waals surface area contributed by atoms with Crippen molar-refractivity contribution in [3.8, 4) is 0 Å². The number of rotatable bonds is 3. The van der Waals surface area contributed by atoms with E-state index in [4.69, 9.17) is 4.74 Å². The van der Waals surface area contributed by atoms with Crippen LogP contribution in [0.2, 0.25) is 0 Å². The second-order valence-corrected chi connectivity index (χ2v) is 3.66. The average molecular weight is 223 g/mol. The zero-order valence-electron chi connectivity index (χ0n) is 8.76. The summed E-state index contributed by atoms with van der Waals surface area (Å²) in [6.07, 6.45) is 3.26. The number of anilines is 1. The van der Waals surface area contributed by atoms with Crippen LogP contribution in [0.25, 0.3) is 0 Å². The molecule has 1 N–H and O–H groups in total. The topological polar surface area (TPSA) is 77.3 Å². The molecule has 0 atom stereocenters. The van der Waals surface area contributed by atoms with Gasteiger partial charge < -0.3 is 10.1 Å². The molecule has 2 rings (SSSR count). The molecule has 1 aromatic heterocycles. The molecule has 1 fully saturated rings. The fourth-order valence-corrected chi connectivity index (χ4v) is 1.69. The van der Waals surface area contributed by atoms with Gasteiger partial charge in [-0.25, -0.2) is 4.98 Å². The zero-order chi connectivity index (χ0) is 11.4. The van der Waals surface area contributed by atoms with Crippen LogP contribution in [-0.4, -0.2) is 29.2 Å². The smallest absolute Gasteiger partial charge is 0.311 e. The van der Waals surface area contributed by atoms with Crippen LogP contribution < -0.4 is 5.32 Å². The van der Waals surface area contributed by atoms with Gasteiger partial charge >= 0.3 is 5.69 Å². The Labute approximate surface area is 92.8 Å². The van der Waals surface area contributed by atoms with Gasteiger partial charge in [-0.15, -0.1) is 0 Å². The molecule has 86 valence electrons. The van der Waals surface area contributed by atoms with Crippen molar-refractivity contribution in [2.24, 2.45) is 0 Å². The predicted molar refractivity (Wildman–Crippen MR) is 58.4 cm³/mol. The molecule has 2 heterocycles. The Morgan fingerprint density at radius 3 is 2.94 bits per heavy atom. The minimum Gasteiger partial charge on any atom is -0.381 e. The summed E-state index contributed by atoms with van der Waals surface area (Å²) in [5.74, 6) is 0.347. The highest BCUT2D eigenvalue weighted by molar-refractivity contribution is 5.55. The number of aromatic nitrogens is 1. The molecule has 1 aromatic rings. The van der Waals surface area contributed by atoms with Gasteiger partial charge in [0.25, 0.3) is 0 Å². The molecule has 0 radical (unpaired) electrons. The molecule has 6 heteroatoms. The molecular weight excluding hydrogens is 210 g/mol. The highest BCUT2D eigenvalue weighted by Gasteiger charge is 2.19. The van der Waals surface area contributed by atoms with E-state index in [1.807, 2.05) is 0 Å². The van der Waals surface area contributed by atoms with Gasteiger partial charge in [0.1, 0.15) is 0 Å². The van der Waals surface area contributed by atoms with Crippen LogP contribution in [0.4, 0.5) is 11.5 Å². The second-order valence-electron chi connectivity index (χ2n) is 3.66. The quantitative estimate of drug-likeness (QED) is 0.621. The number of nitrogens with zero attached hydrogens (tertiary/aromatic N) is 2. The van der Waals surface area contributed by atoms with Crippen molar-refractivity contribution in [2.45, 2.75) is 18.9 Å². The molecule has 6 nitrogen and oxygen atoms in total. The normalized spacial score (nSPS) is 17.0. The van der Waals surface area contributed by atoms with Gasteiger partial charge in [-0.1, -0.05) is 0 Å². The van der Waals surface area contributed by atoms with Crippen LogP contribution in [-0.2, 0) is 4.74 Å². The Kier molecular flexibility index (Phi) is 3.31. The molecule has 1 aliphatic heterocycles. The number of pyridine rings is 1. The Morgan fingerprint density at radius 1 is 1.50 bits per heavy atom. The highest BCUT2D eigenvalue weighted by atomic mass is 16.6. The molecule has 1 aliphatic rings. The first-order valence-corrected chi connectivity index (χ1v) is 5.21. The average Bonchev–Trinajstić information content (AvgIpc) is 2.31. The van der Waals surface area contributed by atoms with E-state index in [0.29, 0.717) is 19.0 Å². The third kappa shape index (κ3) is 2.46. The molecule has 0 spiro atoms. The first-order valence-electron chi connectivity index (χ1n) is 5.21. The molecular formula is C10H13N3O3. The maximum atomic E-state index is 10.8. The van der Waals surface area contributed by atoms with E-state index < -0.39 is 4.92 Å². The lowest BCUT2D eigenvalue weighted by Crippen LogP contribution is -2.28. The molecule has 0 aromatic carbocycles. The number of hydrogen-bond donors (Lipinski definition) is 1. The van der Waals surface area contributed by atoms with Crippen molar-refractivity contribution in [2.75, 3.05) is 18.5 Å². The van der Waals surface area contributed by atoms with E-state index in [1.54, 1.807) is 12.3 Å². The van der Waals surface area contributed by atoms with Crippen LogP contribution in [0.3, 0.4) is 0 Å². The Bertz CT molecular complexity index is 377. The van der Waals surface area contributed by atoms with Gasteiger partial charge in [0.15, 0.2) is 0 Å². The lowest BCUT2D eigenvalue weighted by molar-refractivity contribution is -0.384. The van der Waals surface area contributed by atoms with Crippen LogP contribution in [0, 0.1) is 10.1 Å². The largest absolute Gasteiger partial charge is 0.381 e. The maximum absolute atomic E-state index is 10.8. The monoisotopic (exact) mass is 223 g/mol. The summed E-state index contributed by atoms with van der Waals surface area (Å²) >= 11 is 0. The van der Waals surface area contributed by atoms with E-state index in [-0.39, 0.29) is 11.7 Å². The molecule has 0 unspecified atom stereocenters. The van der Waals surface area contributed by atoms with Crippen LogP contribution >= 0.6 is 0 Å². The first kappa shape index (κ1) is 10.8. The summed E-state index contributed by atoms with van der Waals surface area (Å²) in [7, 11) is 0. The molecule has 0 saturated carbocycles. The second kappa shape index (κ2) is 4.89. The third-order valence-electron chi connectivity index (χ3n) is 2.55. The summed E-state index contributed by atoms with van der Waals surface area (Å²) in [5, 5.41) is 13.9. The van der Waals surface area contributed by atoms with Crippen LogP contribution in [0.15, 0.2) is 18.3 Å². The maximum Gasteiger partial charge on any atom is 0.311 e. The van der Waals surface area contributed by atoms with E-state index in [1.165, 1.54) is 6.07 Å². The van der Waals surface area contributed by atoms with Crippen molar-refractivity contribution < 1.29 is 9.66 Å². The SMILES string of the molecule is O=[N+]([O-])c1cccnc1NC1CCOCC1. The fourth-order valence-electron chi connectivity index (χ4n) is 1.69. The number of nitro groups is 1. The van der Waals surface area contributed by atoms with Gasteiger partial charge in [0, 0.05) is 31.5 Å². The standard InChI is InChI=1S/C10H13N3O3/c14-13(15)9-2-1-5-11-10(9)12-8-3-6-16-7-4-8/h1-2,5,8H,3-4,6-7H2,(H,11,12). The fraction of sp³-hybridized carbons (Fsp3) is 0.500. The van der Waals surface area contributed by atoms with E-state index in [0.717, 1.165) is 12.8 Å². The van der Waals surface area contributed by atoms with Crippen molar-refractivity contribution in [3.05, 3.63) is 28.4 Å². The van der Waals surface area contributed by atoms with Crippen LogP contribution in [0.1, 0.15) is 12.8 Å². The highest BCUT2D eigenvalue weighted by Crippen LogP contribution is 2.23. The first-order chi connectivity index (χ1) is 7.77. The summed E-state index contributed by atoms with van der Waals surface area (Å²) < 4.78 is 5.22. The Morgan fingerprint density at radius 2 is 2.25 bits per heavy atom. The van der Waals surface area contributed by atoms with Gasteiger partial charge in [0.05, 0.1) is 4.92 Å². The van der Waals surface area contributed by atoms with Crippen molar-refractivity contribution in [1.29, 1.82) is 0 Å². The summed E-state index contributed by atoms with van der Waals surface area (Å²) in [6, 6.07) is 3.23.